The van der Waals surface area contributed by atoms with Gasteiger partial charge in [0.25, 0.3) is 0 Å². The summed E-state index contributed by atoms with van der Waals surface area (Å²) in [6.45, 7) is 8.72. The number of halogens is 1. The summed E-state index contributed by atoms with van der Waals surface area (Å²) in [5, 5.41) is 8.00. The van der Waals surface area contributed by atoms with Crippen LogP contribution in [0.15, 0.2) is 4.47 Å². The molecule has 96 valence electrons. The van der Waals surface area contributed by atoms with E-state index in [-0.39, 0.29) is 0 Å². The molecule has 2 rings (SSSR count). The summed E-state index contributed by atoms with van der Waals surface area (Å²) in [5.41, 5.74) is 2.87. The number of nitrogens with one attached hydrogen (secondary N) is 1. The molecule has 0 bridgehead atoms. The predicted octanol–water partition coefficient (Wildman–Crippen LogP) is 3.02. The molecule has 0 unspecified atom stereocenters. The Morgan fingerprint density at radius 2 is 2.12 bits per heavy atom. The Hall–Kier alpha value is -0.350. The van der Waals surface area contributed by atoms with Crippen LogP contribution in [0.2, 0.25) is 0 Å². The average molecular weight is 300 g/mol. The molecule has 0 spiro atoms. The molecule has 0 amide bonds. The van der Waals surface area contributed by atoms with Crippen LogP contribution in [0.1, 0.15) is 38.1 Å². The SMILES string of the molecule is Cc1nn(C)c(CNCC2(C(C)C)CC2)c1Br. The van der Waals surface area contributed by atoms with Crippen molar-refractivity contribution in [1.82, 2.24) is 15.1 Å². The Balaban J connectivity index is 1.91. The van der Waals surface area contributed by atoms with Crippen LogP contribution in [-0.4, -0.2) is 16.3 Å². The molecule has 1 aliphatic rings. The van der Waals surface area contributed by atoms with E-state index < -0.39 is 0 Å². The zero-order valence-corrected chi connectivity index (χ0v) is 12.8. The molecule has 1 aliphatic carbocycles. The number of aromatic nitrogens is 2. The molecule has 4 heteroatoms. The quantitative estimate of drug-likeness (QED) is 0.906. The third-order valence-corrected chi connectivity index (χ3v) is 5.18. The standard InChI is InChI=1S/C13H22BrN3/c1-9(2)13(5-6-13)8-15-7-11-12(14)10(3)16-17(11)4/h9,15H,5-8H2,1-4H3. The van der Waals surface area contributed by atoms with Gasteiger partial charge in [0, 0.05) is 20.1 Å². The van der Waals surface area contributed by atoms with Crippen molar-refractivity contribution in [2.75, 3.05) is 6.54 Å². The summed E-state index contributed by atoms with van der Waals surface area (Å²) < 4.78 is 3.10. The first kappa shape index (κ1) is 13.1. The second-order valence-electron chi connectivity index (χ2n) is 5.59. The molecule has 1 N–H and O–H groups in total. The highest BCUT2D eigenvalue weighted by molar-refractivity contribution is 9.10. The summed E-state index contributed by atoms with van der Waals surface area (Å²) in [6, 6.07) is 0. The van der Waals surface area contributed by atoms with Crippen molar-refractivity contribution in [1.29, 1.82) is 0 Å². The van der Waals surface area contributed by atoms with Crippen molar-refractivity contribution in [2.24, 2.45) is 18.4 Å². The van der Waals surface area contributed by atoms with Crippen molar-refractivity contribution in [3.8, 4) is 0 Å². The lowest BCUT2D eigenvalue weighted by Gasteiger charge is -2.20. The van der Waals surface area contributed by atoms with E-state index in [4.69, 9.17) is 0 Å². The maximum Gasteiger partial charge on any atom is 0.0739 e. The highest BCUT2D eigenvalue weighted by atomic mass is 79.9. The van der Waals surface area contributed by atoms with Crippen LogP contribution in [0, 0.1) is 18.3 Å². The number of hydrogen-bond donors (Lipinski definition) is 1. The molecule has 0 saturated heterocycles. The maximum absolute atomic E-state index is 4.41. The smallest absolute Gasteiger partial charge is 0.0739 e. The van der Waals surface area contributed by atoms with Crippen LogP contribution >= 0.6 is 15.9 Å². The van der Waals surface area contributed by atoms with Gasteiger partial charge >= 0.3 is 0 Å². The van der Waals surface area contributed by atoms with Gasteiger partial charge in [-0.2, -0.15) is 5.10 Å². The molecular weight excluding hydrogens is 278 g/mol. The molecular formula is C13H22BrN3. The third-order valence-electron chi connectivity index (χ3n) is 4.15. The first-order chi connectivity index (χ1) is 7.96. The maximum atomic E-state index is 4.41. The second-order valence-corrected chi connectivity index (χ2v) is 6.38. The van der Waals surface area contributed by atoms with Crippen LogP contribution in [0.4, 0.5) is 0 Å². The molecule has 17 heavy (non-hydrogen) atoms. The summed E-state index contributed by atoms with van der Waals surface area (Å²) in [5.74, 6) is 0.784. The second kappa shape index (κ2) is 4.73. The van der Waals surface area contributed by atoms with Crippen LogP contribution < -0.4 is 5.32 Å². The van der Waals surface area contributed by atoms with E-state index in [2.05, 4.69) is 40.2 Å². The highest BCUT2D eigenvalue weighted by Gasteiger charge is 2.44. The van der Waals surface area contributed by atoms with E-state index in [0.717, 1.165) is 29.2 Å². The van der Waals surface area contributed by atoms with Gasteiger partial charge in [0.05, 0.1) is 15.9 Å². The van der Waals surface area contributed by atoms with E-state index in [0.29, 0.717) is 5.41 Å². The lowest BCUT2D eigenvalue weighted by Crippen LogP contribution is -2.28. The molecule has 0 atom stereocenters. The first-order valence-corrected chi connectivity index (χ1v) is 7.14. The molecule has 0 aliphatic heterocycles. The van der Waals surface area contributed by atoms with Gasteiger partial charge in [-0.05, 0) is 47.0 Å². The fourth-order valence-electron chi connectivity index (χ4n) is 2.42. The highest BCUT2D eigenvalue weighted by Crippen LogP contribution is 2.51. The molecule has 1 fully saturated rings. The minimum absolute atomic E-state index is 0.570. The zero-order chi connectivity index (χ0) is 12.6. The van der Waals surface area contributed by atoms with E-state index in [9.17, 15) is 0 Å². The van der Waals surface area contributed by atoms with Crippen molar-refractivity contribution in [3.63, 3.8) is 0 Å². The lowest BCUT2D eigenvalue weighted by atomic mass is 9.92. The van der Waals surface area contributed by atoms with Crippen molar-refractivity contribution >= 4 is 15.9 Å². The predicted molar refractivity (Wildman–Crippen MR) is 73.9 cm³/mol. The largest absolute Gasteiger partial charge is 0.311 e. The Morgan fingerprint density at radius 1 is 1.47 bits per heavy atom. The summed E-state index contributed by atoms with van der Waals surface area (Å²) in [7, 11) is 2.00. The van der Waals surface area contributed by atoms with E-state index in [1.54, 1.807) is 0 Å². The summed E-state index contributed by atoms with van der Waals surface area (Å²) in [6.07, 6.45) is 2.76. The topological polar surface area (TPSA) is 29.9 Å². The van der Waals surface area contributed by atoms with Crippen LogP contribution in [0.3, 0.4) is 0 Å². The van der Waals surface area contributed by atoms with E-state index >= 15 is 0 Å². The first-order valence-electron chi connectivity index (χ1n) is 6.35. The number of aryl methyl sites for hydroxylation is 2. The third kappa shape index (κ3) is 2.58. The van der Waals surface area contributed by atoms with E-state index in [1.807, 2.05) is 18.7 Å². The molecule has 1 saturated carbocycles. The molecule has 0 radical (unpaired) electrons. The Bertz CT molecular complexity index is 405. The van der Waals surface area contributed by atoms with Crippen LogP contribution in [-0.2, 0) is 13.6 Å². The molecule has 1 aromatic heterocycles. The zero-order valence-electron chi connectivity index (χ0n) is 11.2. The van der Waals surface area contributed by atoms with Crippen LogP contribution in [0.5, 0.6) is 0 Å². The molecule has 1 heterocycles. The number of nitrogens with zero attached hydrogens (tertiary/aromatic N) is 2. The van der Waals surface area contributed by atoms with Crippen molar-refractivity contribution < 1.29 is 0 Å². The fourth-order valence-corrected chi connectivity index (χ4v) is 2.90. The van der Waals surface area contributed by atoms with Gasteiger partial charge in [-0.1, -0.05) is 13.8 Å². The molecule has 3 nitrogen and oxygen atoms in total. The van der Waals surface area contributed by atoms with Gasteiger partial charge < -0.3 is 5.32 Å². The monoisotopic (exact) mass is 299 g/mol. The van der Waals surface area contributed by atoms with Crippen molar-refractivity contribution in [3.05, 3.63) is 15.9 Å². The van der Waals surface area contributed by atoms with Gasteiger partial charge in [0.2, 0.25) is 0 Å². The minimum atomic E-state index is 0.570. The van der Waals surface area contributed by atoms with Gasteiger partial charge in [-0.15, -0.1) is 0 Å². The summed E-state index contributed by atoms with van der Waals surface area (Å²) >= 11 is 3.60. The normalized spacial score (nSPS) is 17.8. The van der Waals surface area contributed by atoms with Crippen LogP contribution in [0.25, 0.3) is 0 Å². The van der Waals surface area contributed by atoms with E-state index in [1.165, 1.54) is 18.5 Å². The lowest BCUT2D eigenvalue weighted by molar-refractivity contribution is 0.336. The minimum Gasteiger partial charge on any atom is -0.311 e. The fraction of sp³-hybridized carbons (Fsp3) is 0.769. The van der Waals surface area contributed by atoms with Gasteiger partial charge in [-0.25, -0.2) is 0 Å². The average Bonchev–Trinajstić information content (AvgIpc) is 2.99. The van der Waals surface area contributed by atoms with Gasteiger partial charge in [0.15, 0.2) is 0 Å². The Kier molecular flexibility index (Phi) is 3.64. The molecule has 1 aromatic rings. The summed E-state index contributed by atoms with van der Waals surface area (Å²) in [4.78, 5) is 0. The molecule has 0 aromatic carbocycles. The Morgan fingerprint density at radius 3 is 2.53 bits per heavy atom. The number of hydrogen-bond acceptors (Lipinski definition) is 2. The number of rotatable bonds is 5. The van der Waals surface area contributed by atoms with Gasteiger partial charge in [0.1, 0.15) is 0 Å². The van der Waals surface area contributed by atoms with Crippen molar-refractivity contribution in [2.45, 2.75) is 40.2 Å². The van der Waals surface area contributed by atoms with Gasteiger partial charge in [-0.3, -0.25) is 4.68 Å². The Labute approximate surface area is 112 Å².